The summed E-state index contributed by atoms with van der Waals surface area (Å²) < 4.78 is 5.04. The number of aliphatic hydroxyl groups is 1. The van der Waals surface area contributed by atoms with Gasteiger partial charge in [-0.05, 0) is 12.5 Å². The van der Waals surface area contributed by atoms with Crippen molar-refractivity contribution >= 4 is 6.09 Å². The van der Waals surface area contributed by atoms with Crippen LogP contribution in [0.15, 0.2) is 30.3 Å². The molecule has 0 aliphatic rings. The molecule has 7 heteroatoms. The summed E-state index contributed by atoms with van der Waals surface area (Å²) in [5.74, 6) is 0.747. The van der Waals surface area contributed by atoms with Crippen LogP contribution < -0.4 is 5.32 Å². The van der Waals surface area contributed by atoms with Gasteiger partial charge in [-0.1, -0.05) is 30.3 Å². The molecule has 2 rings (SSSR count). The number of benzene rings is 1. The van der Waals surface area contributed by atoms with Crippen LogP contribution in [-0.4, -0.2) is 26.4 Å². The van der Waals surface area contributed by atoms with Gasteiger partial charge in [-0.25, -0.2) is 9.78 Å². The molecule has 20 heavy (non-hydrogen) atoms. The van der Waals surface area contributed by atoms with Gasteiger partial charge in [0.15, 0.2) is 5.82 Å². The number of hydrogen-bond donors (Lipinski definition) is 3. The van der Waals surface area contributed by atoms with Crippen molar-refractivity contribution in [3.8, 4) is 0 Å². The van der Waals surface area contributed by atoms with E-state index in [9.17, 15) is 9.90 Å². The Kier molecular flexibility index (Phi) is 4.67. The number of carbonyl (C=O) groups excluding carboxylic acids is 1. The van der Waals surface area contributed by atoms with Crippen molar-refractivity contribution in [2.75, 3.05) is 0 Å². The highest BCUT2D eigenvalue weighted by molar-refractivity contribution is 5.67. The van der Waals surface area contributed by atoms with Gasteiger partial charge in [0, 0.05) is 0 Å². The number of aliphatic hydroxyl groups excluding tert-OH is 1. The first kappa shape index (κ1) is 14.0. The topological polar surface area (TPSA) is 100 Å². The standard InChI is InChI=1S/C13H16N4O3/c1-9(18)12-15-11(16-17-12)7-14-13(19)20-8-10-5-3-2-4-6-10/h2-6,9,18H,7-8H2,1H3,(H,14,19)(H,15,16,17)/t9-/m0/s1. The number of H-pyrrole nitrogens is 1. The van der Waals surface area contributed by atoms with Gasteiger partial charge in [0.1, 0.15) is 18.5 Å². The third-order valence-electron chi connectivity index (χ3n) is 2.54. The number of nitrogens with zero attached hydrogens (tertiary/aromatic N) is 2. The summed E-state index contributed by atoms with van der Waals surface area (Å²) in [6, 6.07) is 9.40. The van der Waals surface area contributed by atoms with E-state index < -0.39 is 12.2 Å². The largest absolute Gasteiger partial charge is 0.445 e. The molecule has 7 nitrogen and oxygen atoms in total. The van der Waals surface area contributed by atoms with Crippen LogP contribution in [0.4, 0.5) is 4.79 Å². The minimum Gasteiger partial charge on any atom is -0.445 e. The molecule has 0 saturated heterocycles. The zero-order valence-electron chi connectivity index (χ0n) is 11.0. The van der Waals surface area contributed by atoms with E-state index in [1.54, 1.807) is 6.92 Å². The fraction of sp³-hybridized carbons (Fsp3) is 0.308. The number of aromatic amines is 1. The van der Waals surface area contributed by atoms with Crippen LogP contribution in [0.5, 0.6) is 0 Å². The van der Waals surface area contributed by atoms with Crippen LogP contribution >= 0.6 is 0 Å². The second kappa shape index (κ2) is 6.67. The first-order chi connectivity index (χ1) is 9.65. The van der Waals surface area contributed by atoms with Crippen molar-refractivity contribution in [1.29, 1.82) is 0 Å². The maximum Gasteiger partial charge on any atom is 0.407 e. The summed E-state index contributed by atoms with van der Waals surface area (Å²) in [5.41, 5.74) is 0.915. The van der Waals surface area contributed by atoms with E-state index in [1.807, 2.05) is 30.3 Å². The lowest BCUT2D eigenvalue weighted by molar-refractivity contribution is 0.139. The number of aromatic nitrogens is 3. The fourth-order valence-corrected chi connectivity index (χ4v) is 1.51. The van der Waals surface area contributed by atoms with Crippen molar-refractivity contribution in [2.45, 2.75) is 26.2 Å². The van der Waals surface area contributed by atoms with E-state index in [-0.39, 0.29) is 13.2 Å². The number of amides is 1. The number of rotatable bonds is 5. The third kappa shape index (κ3) is 4.06. The van der Waals surface area contributed by atoms with Crippen molar-refractivity contribution in [3.05, 3.63) is 47.5 Å². The molecule has 1 heterocycles. The zero-order chi connectivity index (χ0) is 14.4. The van der Waals surface area contributed by atoms with Crippen LogP contribution in [0.25, 0.3) is 0 Å². The highest BCUT2D eigenvalue weighted by Gasteiger charge is 2.09. The third-order valence-corrected chi connectivity index (χ3v) is 2.54. The lowest BCUT2D eigenvalue weighted by Crippen LogP contribution is -2.24. The molecule has 0 aliphatic heterocycles. The Labute approximate surface area is 116 Å². The van der Waals surface area contributed by atoms with Gasteiger partial charge in [-0.2, -0.15) is 5.10 Å². The summed E-state index contributed by atoms with van der Waals surface area (Å²) in [5, 5.41) is 18.2. The lowest BCUT2D eigenvalue weighted by atomic mass is 10.2. The molecule has 1 aromatic heterocycles. The van der Waals surface area contributed by atoms with Crippen LogP contribution in [-0.2, 0) is 17.9 Å². The number of ether oxygens (including phenoxy) is 1. The van der Waals surface area contributed by atoms with E-state index in [2.05, 4.69) is 20.5 Å². The predicted octanol–water partition coefficient (Wildman–Crippen LogP) is 1.28. The Bertz CT molecular complexity index is 554. The van der Waals surface area contributed by atoms with Gasteiger partial charge in [0.05, 0.1) is 6.54 Å². The van der Waals surface area contributed by atoms with E-state index in [0.717, 1.165) is 5.56 Å². The molecule has 0 fully saturated rings. The first-order valence-corrected chi connectivity index (χ1v) is 6.19. The SMILES string of the molecule is C[C@H](O)c1n[nH]c(CNC(=O)OCc2ccccc2)n1. The second-order valence-electron chi connectivity index (χ2n) is 4.23. The molecule has 1 aromatic carbocycles. The molecule has 0 bridgehead atoms. The predicted molar refractivity (Wildman–Crippen MR) is 70.5 cm³/mol. The summed E-state index contributed by atoms with van der Waals surface area (Å²) in [4.78, 5) is 15.5. The summed E-state index contributed by atoms with van der Waals surface area (Å²) in [7, 11) is 0. The van der Waals surface area contributed by atoms with Gasteiger partial charge in [-0.3, -0.25) is 5.10 Å². The van der Waals surface area contributed by atoms with Gasteiger partial charge in [0.2, 0.25) is 0 Å². The Morgan fingerprint density at radius 2 is 2.20 bits per heavy atom. The normalized spacial score (nSPS) is 11.9. The van der Waals surface area contributed by atoms with Gasteiger partial charge >= 0.3 is 6.09 Å². The highest BCUT2D eigenvalue weighted by Crippen LogP contribution is 2.04. The molecule has 1 amide bonds. The van der Waals surface area contributed by atoms with Gasteiger partial charge in [0.25, 0.3) is 0 Å². The Balaban J connectivity index is 1.74. The second-order valence-corrected chi connectivity index (χ2v) is 4.23. The minimum absolute atomic E-state index is 0.160. The van der Waals surface area contributed by atoms with E-state index in [0.29, 0.717) is 11.6 Å². The Morgan fingerprint density at radius 3 is 2.85 bits per heavy atom. The molecule has 1 atom stereocenters. The lowest BCUT2D eigenvalue weighted by Gasteiger charge is -2.05. The van der Waals surface area contributed by atoms with Gasteiger partial charge < -0.3 is 15.2 Å². The molecule has 0 aliphatic carbocycles. The molecule has 3 N–H and O–H groups in total. The molecule has 0 radical (unpaired) electrons. The molecular weight excluding hydrogens is 260 g/mol. The van der Waals surface area contributed by atoms with E-state index in [1.165, 1.54) is 0 Å². The van der Waals surface area contributed by atoms with Crippen molar-refractivity contribution < 1.29 is 14.6 Å². The summed E-state index contributed by atoms with van der Waals surface area (Å²) >= 11 is 0. The zero-order valence-corrected chi connectivity index (χ0v) is 11.0. The number of carbonyl (C=O) groups is 1. The van der Waals surface area contributed by atoms with E-state index >= 15 is 0 Å². The summed E-state index contributed by atoms with van der Waals surface area (Å²) in [6.45, 7) is 1.93. The molecule has 0 spiro atoms. The maximum absolute atomic E-state index is 11.5. The van der Waals surface area contributed by atoms with Gasteiger partial charge in [-0.15, -0.1) is 0 Å². The maximum atomic E-state index is 11.5. The monoisotopic (exact) mass is 276 g/mol. The average Bonchev–Trinajstić information content (AvgIpc) is 2.93. The molecule has 0 unspecified atom stereocenters. The molecule has 2 aromatic rings. The van der Waals surface area contributed by atoms with E-state index in [4.69, 9.17) is 4.74 Å². The smallest absolute Gasteiger partial charge is 0.407 e. The Hall–Kier alpha value is -2.41. The van der Waals surface area contributed by atoms with Crippen LogP contribution in [0, 0.1) is 0 Å². The highest BCUT2D eigenvalue weighted by atomic mass is 16.5. The first-order valence-electron chi connectivity index (χ1n) is 6.19. The van der Waals surface area contributed by atoms with Crippen LogP contribution in [0.2, 0.25) is 0 Å². The number of hydrogen-bond acceptors (Lipinski definition) is 5. The fourth-order valence-electron chi connectivity index (χ4n) is 1.51. The van der Waals surface area contributed by atoms with Crippen molar-refractivity contribution in [1.82, 2.24) is 20.5 Å². The van der Waals surface area contributed by atoms with Crippen molar-refractivity contribution in [2.24, 2.45) is 0 Å². The molecular formula is C13H16N4O3. The number of nitrogens with one attached hydrogen (secondary N) is 2. The summed E-state index contributed by atoms with van der Waals surface area (Å²) in [6.07, 6.45) is -1.28. The number of alkyl carbamates (subject to hydrolysis) is 1. The molecule has 106 valence electrons. The Morgan fingerprint density at radius 1 is 1.45 bits per heavy atom. The van der Waals surface area contributed by atoms with Crippen LogP contribution in [0.3, 0.4) is 0 Å². The quantitative estimate of drug-likeness (QED) is 0.764. The average molecular weight is 276 g/mol. The van der Waals surface area contributed by atoms with Crippen LogP contribution in [0.1, 0.15) is 30.2 Å². The molecule has 0 saturated carbocycles. The van der Waals surface area contributed by atoms with Crippen molar-refractivity contribution in [3.63, 3.8) is 0 Å². The minimum atomic E-state index is -0.745.